The lowest BCUT2D eigenvalue weighted by Crippen LogP contribution is -2.34. The lowest BCUT2D eigenvalue weighted by Gasteiger charge is -2.23. The van der Waals surface area contributed by atoms with Crippen molar-refractivity contribution in [3.63, 3.8) is 0 Å². The van der Waals surface area contributed by atoms with Gasteiger partial charge < -0.3 is 9.84 Å². The number of aromatic hydroxyl groups is 1. The van der Waals surface area contributed by atoms with Crippen molar-refractivity contribution >= 4 is 5.97 Å². The van der Waals surface area contributed by atoms with Gasteiger partial charge in [-0.3, -0.25) is 9.36 Å². The molecule has 0 fully saturated rings. The molecule has 1 heterocycles. The van der Waals surface area contributed by atoms with Crippen LogP contribution in [0.4, 0.5) is 0 Å². The SMILES string of the molecule is CCCCc1nc(O)c(C(=O)OCC)c(=O)n1C(CC)c1ccccc1. The van der Waals surface area contributed by atoms with Crippen molar-refractivity contribution in [1.82, 2.24) is 9.55 Å². The van der Waals surface area contributed by atoms with Crippen LogP contribution in [0, 0.1) is 0 Å². The highest BCUT2D eigenvalue weighted by Gasteiger charge is 2.26. The summed E-state index contributed by atoms with van der Waals surface area (Å²) in [5, 5.41) is 10.2. The van der Waals surface area contributed by atoms with Crippen LogP contribution in [0.1, 0.15) is 67.8 Å². The van der Waals surface area contributed by atoms with E-state index >= 15 is 0 Å². The van der Waals surface area contributed by atoms with E-state index in [4.69, 9.17) is 4.74 Å². The predicted molar refractivity (Wildman–Crippen MR) is 99.6 cm³/mol. The van der Waals surface area contributed by atoms with Crippen molar-refractivity contribution in [2.45, 2.75) is 52.5 Å². The maximum atomic E-state index is 13.1. The van der Waals surface area contributed by atoms with Gasteiger partial charge in [0.15, 0.2) is 5.56 Å². The molecule has 0 saturated carbocycles. The fraction of sp³-hybridized carbons (Fsp3) is 0.450. The minimum atomic E-state index is -0.846. The summed E-state index contributed by atoms with van der Waals surface area (Å²) < 4.78 is 6.47. The van der Waals surface area contributed by atoms with Crippen LogP contribution in [0.5, 0.6) is 5.88 Å². The van der Waals surface area contributed by atoms with Gasteiger partial charge in [0.25, 0.3) is 5.56 Å². The van der Waals surface area contributed by atoms with Crippen molar-refractivity contribution in [2.75, 3.05) is 6.61 Å². The first-order valence-electron chi connectivity index (χ1n) is 9.11. The van der Waals surface area contributed by atoms with Crippen molar-refractivity contribution in [2.24, 2.45) is 0 Å². The van der Waals surface area contributed by atoms with Gasteiger partial charge in [0, 0.05) is 6.42 Å². The topological polar surface area (TPSA) is 81.4 Å². The summed E-state index contributed by atoms with van der Waals surface area (Å²) in [4.78, 5) is 29.5. The molecule has 0 amide bonds. The summed E-state index contributed by atoms with van der Waals surface area (Å²) in [6.07, 6.45) is 2.96. The summed E-state index contributed by atoms with van der Waals surface area (Å²) in [6, 6.07) is 9.36. The number of benzene rings is 1. The van der Waals surface area contributed by atoms with E-state index in [1.807, 2.05) is 44.2 Å². The van der Waals surface area contributed by atoms with Crippen LogP contribution >= 0.6 is 0 Å². The summed E-state index contributed by atoms with van der Waals surface area (Å²) in [7, 11) is 0. The van der Waals surface area contributed by atoms with Gasteiger partial charge in [-0.2, -0.15) is 4.98 Å². The van der Waals surface area contributed by atoms with E-state index in [2.05, 4.69) is 4.98 Å². The zero-order valence-electron chi connectivity index (χ0n) is 15.6. The highest BCUT2D eigenvalue weighted by atomic mass is 16.5. The summed E-state index contributed by atoms with van der Waals surface area (Å²) >= 11 is 0. The molecule has 26 heavy (non-hydrogen) atoms. The number of nitrogens with zero attached hydrogens (tertiary/aromatic N) is 2. The Morgan fingerprint density at radius 1 is 1.23 bits per heavy atom. The molecule has 0 aliphatic rings. The van der Waals surface area contributed by atoms with Crippen LogP contribution < -0.4 is 5.56 Å². The minimum Gasteiger partial charge on any atom is -0.492 e. The van der Waals surface area contributed by atoms with Gasteiger partial charge in [0.1, 0.15) is 5.82 Å². The Morgan fingerprint density at radius 2 is 1.92 bits per heavy atom. The van der Waals surface area contributed by atoms with E-state index in [0.717, 1.165) is 18.4 Å². The van der Waals surface area contributed by atoms with E-state index in [-0.39, 0.29) is 12.6 Å². The molecule has 1 aromatic carbocycles. The Morgan fingerprint density at radius 3 is 2.50 bits per heavy atom. The third-order valence-electron chi connectivity index (χ3n) is 4.29. The van der Waals surface area contributed by atoms with Gasteiger partial charge in [0.05, 0.1) is 12.6 Å². The first-order chi connectivity index (χ1) is 12.5. The fourth-order valence-corrected chi connectivity index (χ4v) is 3.02. The van der Waals surface area contributed by atoms with E-state index in [9.17, 15) is 14.7 Å². The molecule has 0 aliphatic carbocycles. The van der Waals surface area contributed by atoms with Crippen LogP contribution in [-0.2, 0) is 11.2 Å². The molecule has 0 spiro atoms. The number of aromatic nitrogens is 2. The number of carbonyl (C=O) groups excluding carboxylic acids is 1. The Balaban J connectivity index is 2.68. The van der Waals surface area contributed by atoms with Crippen LogP contribution in [0.15, 0.2) is 35.1 Å². The van der Waals surface area contributed by atoms with E-state index in [1.54, 1.807) is 6.92 Å². The normalized spacial score (nSPS) is 12.0. The Hall–Kier alpha value is -2.63. The fourth-order valence-electron chi connectivity index (χ4n) is 3.02. The monoisotopic (exact) mass is 358 g/mol. The van der Waals surface area contributed by atoms with Crippen molar-refractivity contribution in [3.8, 4) is 5.88 Å². The third kappa shape index (κ3) is 4.12. The van der Waals surface area contributed by atoms with E-state index in [1.165, 1.54) is 4.57 Å². The summed E-state index contributed by atoms with van der Waals surface area (Å²) in [6.45, 7) is 5.79. The number of unbranched alkanes of at least 4 members (excludes halogenated alkanes) is 1. The standard InChI is InChI=1S/C20H26N2O4/c1-4-7-13-16-21-18(23)17(20(25)26-6-3)19(24)22(16)15(5-2)14-11-9-8-10-12-14/h8-12,15,23H,4-7,13H2,1-3H3. The highest BCUT2D eigenvalue weighted by Crippen LogP contribution is 2.24. The van der Waals surface area contributed by atoms with E-state index in [0.29, 0.717) is 18.7 Å². The van der Waals surface area contributed by atoms with Gasteiger partial charge in [-0.25, -0.2) is 4.79 Å². The van der Waals surface area contributed by atoms with E-state index < -0.39 is 23.0 Å². The van der Waals surface area contributed by atoms with Crippen molar-refractivity contribution in [1.29, 1.82) is 0 Å². The molecular formula is C20H26N2O4. The Labute approximate surface area is 153 Å². The average molecular weight is 358 g/mol. The second-order valence-corrected chi connectivity index (χ2v) is 6.06. The molecule has 1 aromatic heterocycles. The number of aryl methyl sites for hydroxylation is 1. The van der Waals surface area contributed by atoms with Gasteiger partial charge in [-0.15, -0.1) is 0 Å². The van der Waals surface area contributed by atoms with Gasteiger partial charge in [-0.1, -0.05) is 50.6 Å². The maximum absolute atomic E-state index is 13.1. The number of ether oxygens (including phenoxy) is 1. The number of carbonyl (C=O) groups is 1. The molecular weight excluding hydrogens is 332 g/mol. The first kappa shape index (κ1) is 19.7. The van der Waals surface area contributed by atoms with Crippen molar-refractivity contribution < 1.29 is 14.6 Å². The second kappa shape index (κ2) is 9.17. The van der Waals surface area contributed by atoms with Crippen LogP contribution in [0.3, 0.4) is 0 Å². The smallest absolute Gasteiger partial charge is 0.349 e. The molecule has 1 atom stereocenters. The lowest BCUT2D eigenvalue weighted by molar-refractivity contribution is 0.0518. The van der Waals surface area contributed by atoms with Gasteiger partial charge in [-0.05, 0) is 25.3 Å². The molecule has 6 nitrogen and oxygen atoms in total. The zero-order valence-corrected chi connectivity index (χ0v) is 15.6. The van der Waals surface area contributed by atoms with Crippen molar-refractivity contribution in [3.05, 3.63) is 57.6 Å². The molecule has 2 rings (SSSR count). The maximum Gasteiger partial charge on any atom is 0.349 e. The van der Waals surface area contributed by atoms with Crippen LogP contribution in [0.25, 0.3) is 0 Å². The lowest BCUT2D eigenvalue weighted by atomic mass is 10.0. The van der Waals surface area contributed by atoms with Gasteiger partial charge >= 0.3 is 5.97 Å². The molecule has 140 valence electrons. The summed E-state index contributed by atoms with van der Waals surface area (Å²) in [5.74, 6) is -0.918. The Bertz CT molecular complexity index is 799. The molecule has 0 radical (unpaired) electrons. The average Bonchev–Trinajstić information content (AvgIpc) is 2.63. The molecule has 0 saturated heterocycles. The predicted octanol–water partition coefficient (Wildman–Crippen LogP) is 3.47. The third-order valence-corrected chi connectivity index (χ3v) is 4.29. The molecule has 1 unspecified atom stereocenters. The first-order valence-corrected chi connectivity index (χ1v) is 9.11. The number of esters is 1. The zero-order chi connectivity index (χ0) is 19.1. The highest BCUT2D eigenvalue weighted by molar-refractivity contribution is 5.91. The van der Waals surface area contributed by atoms with Crippen LogP contribution in [-0.4, -0.2) is 27.2 Å². The number of rotatable bonds is 8. The molecule has 2 aromatic rings. The number of hydrogen-bond donors (Lipinski definition) is 1. The quantitative estimate of drug-likeness (QED) is 0.731. The Kier molecular flexibility index (Phi) is 6.95. The largest absolute Gasteiger partial charge is 0.492 e. The molecule has 0 bridgehead atoms. The van der Waals surface area contributed by atoms with Gasteiger partial charge in [0.2, 0.25) is 5.88 Å². The molecule has 6 heteroatoms. The number of hydrogen-bond acceptors (Lipinski definition) is 5. The summed E-state index contributed by atoms with van der Waals surface area (Å²) in [5.41, 5.74) is -0.00335. The molecule has 1 N–H and O–H groups in total. The molecule has 0 aliphatic heterocycles. The minimum absolute atomic E-state index is 0.116. The second-order valence-electron chi connectivity index (χ2n) is 6.06. The van der Waals surface area contributed by atoms with Crippen LogP contribution in [0.2, 0.25) is 0 Å².